The lowest BCUT2D eigenvalue weighted by molar-refractivity contribution is 0.0620. The smallest absolute Gasteiger partial charge is 0.255 e. The van der Waals surface area contributed by atoms with Crippen LogP contribution in [0.5, 0.6) is 17.2 Å². The van der Waals surface area contributed by atoms with Crippen LogP contribution in [-0.2, 0) is 0 Å². The fraction of sp³-hybridized carbons (Fsp3) is 0.300. The Balaban J connectivity index is 1.86. The molecule has 0 bridgehead atoms. The van der Waals surface area contributed by atoms with E-state index in [1.807, 2.05) is 13.8 Å². The summed E-state index contributed by atoms with van der Waals surface area (Å²) in [6, 6.07) is 9.97. The molecule has 1 amide bonds. The SMILES string of the molecule is COc1ccc(NC(=O)c2ccc3c(c2)C(=O)CC(C)(C)O3)c(OC)c1. The van der Waals surface area contributed by atoms with Crippen LogP contribution in [0.1, 0.15) is 41.0 Å². The summed E-state index contributed by atoms with van der Waals surface area (Å²) in [4.78, 5) is 25.0. The predicted molar refractivity (Wildman–Crippen MR) is 97.6 cm³/mol. The van der Waals surface area contributed by atoms with Crippen LogP contribution in [0, 0.1) is 0 Å². The molecule has 0 unspecified atom stereocenters. The van der Waals surface area contributed by atoms with Gasteiger partial charge in [0.15, 0.2) is 5.78 Å². The van der Waals surface area contributed by atoms with Gasteiger partial charge in [0.2, 0.25) is 0 Å². The predicted octanol–water partition coefficient (Wildman–Crippen LogP) is 3.70. The average molecular weight is 355 g/mol. The van der Waals surface area contributed by atoms with Gasteiger partial charge >= 0.3 is 0 Å². The number of amides is 1. The second-order valence-corrected chi connectivity index (χ2v) is 6.69. The van der Waals surface area contributed by atoms with Crippen LogP contribution in [0.2, 0.25) is 0 Å². The van der Waals surface area contributed by atoms with Gasteiger partial charge in [-0.2, -0.15) is 0 Å². The number of benzene rings is 2. The molecule has 1 heterocycles. The van der Waals surface area contributed by atoms with Gasteiger partial charge in [-0.1, -0.05) is 0 Å². The Bertz CT molecular complexity index is 873. The zero-order chi connectivity index (χ0) is 18.9. The quantitative estimate of drug-likeness (QED) is 0.905. The van der Waals surface area contributed by atoms with Crippen molar-refractivity contribution >= 4 is 17.4 Å². The van der Waals surface area contributed by atoms with Crippen LogP contribution in [0.15, 0.2) is 36.4 Å². The summed E-state index contributed by atoms with van der Waals surface area (Å²) in [5.41, 5.74) is 0.779. The Morgan fingerprint density at radius 2 is 1.88 bits per heavy atom. The van der Waals surface area contributed by atoms with E-state index in [-0.39, 0.29) is 18.1 Å². The van der Waals surface area contributed by atoms with E-state index in [1.165, 1.54) is 7.11 Å². The first-order valence-electron chi connectivity index (χ1n) is 8.22. The molecule has 0 atom stereocenters. The minimum absolute atomic E-state index is 0.0343. The van der Waals surface area contributed by atoms with Gasteiger partial charge in [0.05, 0.1) is 31.9 Å². The zero-order valence-electron chi connectivity index (χ0n) is 15.2. The molecule has 0 saturated carbocycles. The number of nitrogens with one attached hydrogen (secondary N) is 1. The van der Waals surface area contributed by atoms with E-state index < -0.39 is 5.60 Å². The summed E-state index contributed by atoms with van der Waals surface area (Å²) in [5.74, 6) is 1.24. The minimum atomic E-state index is -0.537. The number of carbonyl (C=O) groups excluding carboxylic acids is 2. The number of hydrogen-bond acceptors (Lipinski definition) is 5. The molecule has 2 aromatic rings. The monoisotopic (exact) mass is 355 g/mol. The van der Waals surface area contributed by atoms with Gasteiger partial charge in [-0.3, -0.25) is 9.59 Å². The number of ketones is 1. The Labute approximate surface area is 152 Å². The molecule has 1 aliphatic heterocycles. The highest BCUT2D eigenvalue weighted by Crippen LogP contribution is 2.34. The zero-order valence-corrected chi connectivity index (χ0v) is 15.2. The van der Waals surface area contributed by atoms with Gasteiger partial charge in [0.25, 0.3) is 5.91 Å². The van der Waals surface area contributed by atoms with Gasteiger partial charge in [-0.25, -0.2) is 0 Å². The summed E-state index contributed by atoms with van der Waals surface area (Å²) in [6.07, 6.45) is 0.275. The fourth-order valence-electron chi connectivity index (χ4n) is 2.89. The maximum absolute atomic E-state index is 12.6. The van der Waals surface area contributed by atoms with Crippen LogP contribution in [0.4, 0.5) is 5.69 Å². The molecule has 6 nitrogen and oxygen atoms in total. The second-order valence-electron chi connectivity index (χ2n) is 6.69. The molecule has 6 heteroatoms. The van der Waals surface area contributed by atoms with Crippen molar-refractivity contribution < 1.29 is 23.8 Å². The topological polar surface area (TPSA) is 73.9 Å². The lowest BCUT2D eigenvalue weighted by Gasteiger charge is -2.31. The van der Waals surface area contributed by atoms with Gasteiger partial charge in [-0.15, -0.1) is 0 Å². The van der Waals surface area contributed by atoms with E-state index in [0.29, 0.717) is 34.1 Å². The van der Waals surface area contributed by atoms with Crippen molar-refractivity contribution in [2.45, 2.75) is 25.9 Å². The average Bonchev–Trinajstić information content (AvgIpc) is 2.60. The van der Waals surface area contributed by atoms with Crippen molar-refractivity contribution in [3.05, 3.63) is 47.5 Å². The number of hydrogen-bond donors (Lipinski definition) is 1. The second kappa shape index (κ2) is 6.71. The molecule has 0 aliphatic carbocycles. The van der Waals surface area contributed by atoms with E-state index in [9.17, 15) is 9.59 Å². The van der Waals surface area contributed by atoms with Gasteiger partial charge in [0, 0.05) is 11.6 Å². The van der Waals surface area contributed by atoms with Crippen LogP contribution < -0.4 is 19.5 Å². The summed E-state index contributed by atoms with van der Waals surface area (Å²) >= 11 is 0. The molecule has 0 radical (unpaired) electrons. The highest BCUT2D eigenvalue weighted by atomic mass is 16.5. The maximum atomic E-state index is 12.6. The van der Waals surface area contributed by atoms with E-state index in [1.54, 1.807) is 43.5 Å². The van der Waals surface area contributed by atoms with E-state index >= 15 is 0 Å². The first-order chi connectivity index (χ1) is 12.3. The van der Waals surface area contributed by atoms with Crippen LogP contribution >= 0.6 is 0 Å². The van der Waals surface area contributed by atoms with Crippen LogP contribution in [-0.4, -0.2) is 31.5 Å². The number of methoxy groups -OCH3 is 2. The third kappa shape index (κ3) is 3.49. The number of Topliss-reactive ketones (excluding diaryl/α,β-unsaturated/α-hetero) is 1. The summed E-state index contributed by atoms with van der Waals surface area (Å²) in [6.45, 7) is 3.73. The maximum Gasteiger partial charge on any atom is 0.255 e. The molecular formula is C20H21NO5. The Morgan fingerprint density at radius 1 is 1.12 bits per heavy atom. The van der Waals surface area contributed by atoms with Gasteiger partial charge in [-0.05, 0) is 44.2 Å². The first kappa shape index (κ1) is 17.8. The molecule has 2 aromatic carbocycles. The molecule has 1 aliphatic rings. The molecule has 0 spiro atoms. The Kier molecular flexibility index (Phi) is 4.59. The first-order valence-corrected chi connectivity index (χ1v) is 8.22. The standard InChI is InChI=1S/C20H21NO5/c1-20(2)11-16(22)14-9-12(5-8-17(14)26-20)19(23)21-15-7-6-13(24-3)10-18(15)25-4/h5-10H,11H2,1-4H3,(H,21,23). The van der Waals surface area contributed by atoms with E-state index in [0.717, 1.165) is 0 Å². The number of anilines is 1. The molecule has 0 aromatic heterocycles. The summed E-state index contributed by atoms with van der Waals surface area (Å²) in [5, 5.41) is 2.80. The molecule has 0 fully saturated rings. The fourth-order valence-corrected chi connectivity index (χ4v) is 2.89. The molecule has 3 rings (SSSR count). The third-order valence-corrected chi connectivity index (χ3v) is 4.17. The van der Waals surface area contributed by atoms with Crippen molar-refractivity contribution in [1.29, 1.82) is 0 Å². The van der Waals surface area contributed by atoms with Crippen molar-refractivity contribution in [3.8, 4) is 17.2 Å². The number of rotatable bonds is 4. The number of carbonyl (C=O) groups is 2. The largest absolute Gasteiger partial charge is 0.497 e. The lowest BCUT2D eigenvalue weighted by Crippen LogP contribution is -2.36. The lowest BCUT2D eigenvalue weighted by atomic mass is 9.92. The van der Waals surface area contributed by atoms with Gasteiger partial charge < -0.3 is 19.5 Å². The highest BCUT2D eigenvalue weighted by molar-refractivity contribution is 6.08. The summed E-state index contributed by atoms with van der Waals surface area (Å²) < 4.78 is 16.3. The van der Waals surface area contributed by atoms with Crippen molar-refractivity contribution in [3.63, 3.8) is 0 Å². The number of fused-ring (bicyclic) bond motifs is 1. The van der Waals surface area contributed by atoms with Crippen molar-refractivity contribution in [2.75, 3.05) is 19.5 Å². The van der Waals surface area contributed by atoms with Crippen LogP contribution in [0.3, 0.4) is 0 Å². The van der Waals surface area contributed by atoms with E-state index in [4.69, 9.17) is 14.2 Å². The van der Waals surface area contributed by atoms with E-state index in [2.05, 4.69) is 5.32 Å². The molecule has 26 heavy (non-hydrogen) atoms. The van der Waals surface area contributed by atoms with Crippen LogP contribution in [0.25, 0.3) is 0 Å². The number of ether oxygens (including phenoxy) is 3. The highest BCUT2D eigenvalue weighted by Gasteiger charge is 2.32. The van der Waals surface area contributed by atoms with Crippen molar-refractivity contribution in [2.24, 2.45) is 0 Å². The normalized spacial score (nSPS) is 14.8. The van der Waals surface area contributed by atoms with Crippen molar-refractivity contribution in [1.82, 2.24) is 0 Å². The molecule has 1 N–H and O–H groups in total. The molecular weight excluding hydrogens is 334 g/mol. The molecule has 0 saturated heterocycles. The summed E-state index contributed by atoms with van der Waals surface area (Å²) in [7, 11) is 3.07. The Hall–Kier alpha value is -3.02. The minimum Gasteiger partial charge on any atom is -0.497 e. The molecule has 136 valence electrons. The third-order valence-electron chi connectivity index (χ3n) is 4.17. The van der Waals surface area contributed by atoms with Gasteiger partial charge in [0.1, 0.15) is 22.8 Å². The Morgan fingerprint density at radius 3 is 2.58 bits per heavy atom.